The van der Waals surface area contributed by atoms with Crippen molar-refractivity contribution in [3.8, 4) is 17.2 Å². The Morgan fingerprint density at radius 2 is 1.89 bits per heavy atom. The third-order valence-electron chi connectivity index (χ3n) is 7.95. The average molecular weight is 594 g/mol. The smallest absolute Gasteiger partial charge is 0.410 e. The van der Waals surface area contributed by atoms with E-state index in [1.54, 1.807) is 17.6 Å². The molecule has 2 aliphatic rings. The van der Waals surface area contributed by atoms with E-state index in [0.717, 1.165) is 56.1 Å². The lowest BCUT2D eigenvalue weighted by Crippen LogP contribution is -2.59. The second kappa shape index (κ2) is 10.6. The van der Waals surface area contributed by atoms with Gasteiger partial charge in [0.25, 0.3) is 0 Å². The summed E-state index contributed by atoms with van der Waals surface area (Å²) in [5.41, 5.74) is 5.03. The Morgan fingerprint density at radius 3 is 2.70 bits per heavy atom. The second-order valence-electron chi connectivity index (χ2n) is 12.4. The van der Waals surface area contributed by atoms with Crippen LogP contribution in [0.3, 0.4) is 0 Å². The number of benzene rings is 3. The van der Waals surface area contributed by atoms with Gasteiger partial charge in [-0.1, -0.05) is 0 Å². The van der Waals surface area contributed by atoms with Crippen molar-refractivity contribution in [2.24, 2.45) is 7.05 Å². The Kier molecular flexibility index (Phi) is 6.68. The molecular formula is C33H35N7O4. The van der Waals surface area contributed by atoms with Gasteiger partial charge in [-0.25, -0.2) is 19.7 Å². The van der Waals surface area contributed by atoms with E-state index in [1.165, 1.54) is 0 Å². The lowest BCUT2D eigenvalue weighted by Gasteiger charge is -2.45. The molecule has 1 saturated heterocycles. The van der Waals surface area contributed by atoms with E-state index in [9.17, 15) is 4.79 Å². The molecule has 0 spiro atoms. The first kappa shape index (κ1) is 27.8. The van der Waals surface area contributed by atoms with E-state index in [2.05, 4.69) is 31.2 Å². The average Bonchev–Trinajstić information content (AvgIpc) is 3.36. The molecule has 11 nitrogen and oxygen atoms in total. The van der Waals surface area contributed by atoms with Crippen molar-refractivity contribution >= 4 is 45.2 Å². The van der Waals surface area contributed by atoms with Crippen LogP contribution in [0, 0.1) is 6.92 Å². The number of piperazine rings is 1. The maximum Gasteiger partial charge on any atom is 0.410 e. The Labute approximate surface area is 255 Å². The highest BCUT2D eigenvalue weighted by atomic mass is 16.6. The summed E-state index contributed by atoms with van der Waals surface area (Å²) in [7, 11) is 1.97. The van der Waals surface area contributed by atoms with Crippen LogP contribution in [0.15, 0.2) is 61.2 Å². The highest BCUT2D eigenvalue weighted by molar-refractivity contribution is 5.95. The number of hydrogen-bond donors (Lipinski definition) is 1. The zero-order valence-electron chi connectivity index (χ0n) is 25.5. The van der Waals surface area contributed by atoms with Crippen LogP contribution in [0.25, 0.3) is 21.9 Å². The Bertz CT molecular complexity index is 1900. The molecule has 0 radical (unpaired) electrons. The van der Waals surface area contributed by atoms with Gasteiger partial charge in [0.05, 0.1) is 34.6 Å². The molecule has 0 unspecified atom stereocenters. The number of imidazole rings is 1. The largest absolute Gasteiger partial charge is 0.489 e. The van der Waals surface area contributed by atoms with Crippen molar-refractivity contribution < 1.29 is 19.0 Å². The van der Waals surface area contributed by atoms with Crippen molar-refractivity contribution in [3.63, 3.8) is 0 Å². The molecule has 0 bridgehead atoms. The van der Waals surface area contributed by atoms with Gasteiger partial charge in [-0.2, -0.15) is 0 Å². The van der Waals surface area contributed by atoms with Crippen molar-refractivity contribution in [3.05, 3.63) is 66.7 Å². The molecule has 2 aromatic heterocycles. The monoisotopic (exact) mass is 593 g/mol. The minimum atomic E-state index is -0.535. The Morgan fingerprint density at radius 1 is 1.02 bits per heavy atom. The van der Waals surface area contributed by atoms with E-state index < -0.39 is 5.60 Å². The van der Waals surface area contributed by atoms with E-state index in [0.29, 0.717) is 32.1 Å². The summed E-state index contributed by atoms with van der Waals surface area (Å²) in [4.78, 5) is 30.3. The maximum absolute atomic E-state index is 12.7. The number of nitrogens with zero attached hydrogens (tertiary/aromatic N) is 6. The molecule has 44 heavy (non-hydrogen) atoms. The van der Waals surface area contributed by atoms with Crippen molar-refractivity contribution in [2.75, 3.05) is 36.5 Å². The van der Waals surface area contributed by atoms with Gasteiger partial charge in [-0.15, -0.1) is 0 Å². The Balaban J connectivity index is 1.11. The van der Waals surface area contributed by atoms with Gasteiger partial charge in [-0.3, -0.25) is 0 Å². The molecule has 0 aliphatic carbocycles. The summed E-state index contributed by atoms with van der Waals surface area (Å²) in [6.45, 7) is 9.93. The molecule has 1 N–H and O–H groups in total. The van der Waals surface area contributed by atoms with Crippen LogP contribution in [0.1, 0.15) is 26.3 Å². The minimum absolute atomic E-state index is 0.0239. The third kappa shape index (κ3) is 5.29. The summed E-state index contributed by atoms with van der Waals surface area (Å²) in [6, 6.07) is 15.9. The van der Waals surface area contributed by atoms with Gasteiger partial charge in [-0.05, 0) is 69.7 Å². The molecule has 2 aliphatic heterocycles. The number of carbonyl (C=O) groups is 1. The summed E-state index contributed by atoms with van der Waals surface area (Å²) in [5, 5.41) is 4.36. The first-order valence-electron chi connectivity index (χ1n) is 14.7. The molecule has 11 heteroatoms. The molecule has 5 aromatic rings. The number of anilines is 3. The van der Waals surface area contributed by atoms with Crippen molar-refractivity contribution in [2.45, 2.75) is 39.3 Å². The van der Waals surface area contributed by atoms with Crippen LogP contribution < -0.4 is 19.7 Å². The minimum Gasteiger partial charge on any atom is -0.489 e. The van der Waals surface area contributed by atoms with Gasteiger partial charge in [0.15, 0.2) is 0 Å². The topological polar surface area (TPSA) is 107 Å². The summed E-state index contributed by atoms with van der Waals surface area (Å²) in [5.74, 6) is 2.98. The van der Waals surface area contributed by atoms with Crippen molar-refractivity contribution in [1.82, 2.24) is 24.4 Å². The van der Waals surface area contributed by atoms with Crippen LogP contribution in [0.4, 0.5) is 22.0 Å². The van der Waals surface area contributed by atoms with Gasteiger partial charge < -0.3 is 33.9 Å². The van der Waals surface area contributed by atoms with Crippen LogP contribution in [0.2, 0.25) is 0 Å². The maximum atomic E-state index is 12.7. The normalized spacial score (nSPS) is 16.3. The van der Waals surface area contributed by atoms with E-state index in [-0.39, 0.29) is 12.1 Å². The number of nitrogens with one attached hydrogen (secondary N) is 1. The number of carbonyl (C=O) groups excluding carboxylic acids is 1. The van der Waals surface area contributed by atoms with Gasteiger partial charge >= 0.3 is 6.09 Å². The number of hydrogen-bond acceptors (Lipinski definition) is 9. The fourth-order valence-electron chi connectivity index (χ4n) is 5.79. The van der Waals surface area contributed by atoms with Crippen LogP contribution in [-0.4, -0.2) is 68.4 Å². The lowest BCUT2D eigenvalue weighted by molar-refractivity contribution is 0.0195. The molecule has 1 amide bonds. The quantitative estimate of drug-likeness (QED) is 0.261. The van der Waals surface area contributed by atoms with E-state index in [1.807, 2.05) is 81.8 Å². The van der Waals surface area contributed by atoms with Crippen LogP contribution in [0.5, 0.6) is 17.2 Å². The lowest BCUT2D eigenvalue weighted by atomic mass is 10.1. The Hall–Kier alpha value is -5.06. The molecule has 1 fully saturated rings. The van der Waals surface area contributed by atoms with Gasteiger partial charge in [0, 0.05) is 49.9 Å². The first-order valence-corrected chi connectivity index (χ1v) is 14.7. The zero-order chi connectivity index (χ0) is 30.6. The molecule has 0 saturated carbocycles. The van der Waals surface area contributed by atoms with Crippen LogP contribution >= 0.6 is 0 Å². The number of rotatable bonds is 4. The zero-order valence-corrected chi connectivity index (χ0v) is 25.5. The standard InChI is InChI=1S/C33H35N7O4/c1-20-12-21(6-9-29(20)43-23-7-8-27-26(13-23)36-19-38(27)5)37-31-24-14-28-30(15-25(24)34-18-35-31)42-17-22-16-39(10-11-40(22)28)32(41)44-33(2,3)4/h6-9,12-15,18-19,22H,10-11,16-17H2,1-5H3,(H,34,35,37)/t22-/m1/s1. The van der Waals surface area contributed by atoms with E-state index in [4.69, 9.17) is 14.2 Å². The second-order valence-corrected chi connectivity index (χ2v) is 12.4. The molecular weight excluding hydrogens is 558 g/mol. The third-order valence-corrected chi connectivity index (χ3v) is 7.95. The summed E-state index contributed by atoms with van der Waals surface area (Å²) >= 11 is 0. The number of aromatic nitrogens is 4. The fourth-order valence-corrected chi connectivity index (χ4v) is 5.79. The molecule has 7 rings (SSSR count). The summed E-state index contributed by atoms with van der Waals surface area (Å²) in [6.07, 6.45) is 3.06. The highest BCUT2D eigenvalue weighted by Crippen LogP contribution is 2.40. The summed E-state index contributed by atoms with van der Waals surface area (Å²) < 4.78 is 20.0. The van der Waals surface area contributed by atoms with E-state index >= 15 is 0 Å². The molecule has 3 aromatic carbocycles. The number of ether oxygens (including phenoxy) is 3. The van der Waals surface area contributed by atoms with Gasteiger partial charge in [0.1, 0.15) is 41.6 Å². The predicted molar refractivity (Wildman–Crippen MR) is 169 cm³/mol. The highest BCUT2D eigenvalue weighted by Gasteiger charge is 2.36. The molecule has 226 valence electrons. The first-order chi connectivity index (χ1) is 21.1. The molecule has 1 atom stereocenters. The number of aryl methyl sites for hydroxylation is 2. The van der Waals surface area contributed by atoms with Crippen molar-refractivity contribution in [1.29, 1.82) is 0 Å². The fraction of sp³-hybridized carbons (Fsp3) is 0.333. The SMILES string of the molecule is Cc1cc(Nc2ncnc3cc4c(cc23)N2CCN(C(=O)OC(C)(C)C)C[C@@H]2CO4)ccc1Oc1ccc2c(c1)ncn2C. The predicted octanol–water partition coefficient (Wildman–Crippen LogP) is 6.18. The van der Waals surface area contributed by atoms with Gasteiger partial charge in [0.2, 0.25) is 0 Å². The van der Waals surface area contributed by atoms with Crippen LogP contribution in [-0.2, 0) is 11.8 Å². The molecule has 4 heterocycles. The number of fused-ring (bicyclic) bond motifs is 5. The number of amides is 1.